The molecule has 0 spiro atoms. The van der Waals surface area contributed by atoms with Crippen molar-refractivity contribution >= 4 is 0 Å². The van der Waals surface area contributed by atoms with Crippen LogP contribution in [0.2, 0.25) is 0 Å². The Balaban J connectivity index is 2.28. The molecule has 1 unspecified atom stereocenters. The van der Waals surface area contributed by atoms with Gasteiger partial charge in [0.25, 0.3) is 0 Å². The van der Waals surface area contributed by atoms with E-state index in [4.69, 9.17) is 10.00 Å². The van der Waals surface area contributed by atoms with E-state index < -0.39 is 0 Å². The van der Waals surface area contributed by atoms with Gasteiger partial charge in [-0.3, -0.25) is 0 Å². The summed E-state index contributed by atoms with van der Waals surface area (Å²) in [7, 11) is 0. The minimum atomic E-state index is -0.377. The third-order valence-corrected chi connectivity index (χ3v) is 3.07. The van der Waals surface area contributed by atoms with E-state index in [0.717, 1.165) is 22.8 Å². The first-order chi connectivity index (χ1) is 9.15. The minimum Gasteiger partial charge on any atom is -0.364 e. The van der Waals surface area contributed by atoms with Gasteiger partial charge in [-0.25, -0.2) is 4.39 Å². The third kappa shape index (κ3) is 2.81. The van der Waals surface area contributed by atoms with Crippen LogP contribution in [-0.4, -0.2) is 0 Å². The van der Waals surface area contributed by atoms with Crippen LogP contribution in [0.5, 0.6) is 0 Å². The zero-order valence-corrected chi connectivity index (χ0v) is 10.7. The highest BCUT2D eigenvalue weighted by Crippen LogP contribution is 2.36. The van der Waals surface area contributed by atoms with Crippen LogP contribution in [0.15, 0.2) is 54.4 Å². The van der Waals surface area contributed by atoms with E-state index in [-0.39, 0.29) is 11.9 Å². The molecular weight excluding hydrogens is 241 g/mol. The highest BCUT2D eigenvalue weighted by Gasteiger charge is 2.24. The molecule has 0 fully saturated rings. The van der Waals surface area contributed by atoms with Gasteiger partial charge < -0.3 is 4.74 Å². The average Bonchev–Trinajstić information content (AvgIpc) is 2.87. The van der Waals surface area contributed by atoms with Crippen molar-refractivity contribution in [1.82, 2.24) is 0 Å². The lowest BCUT2D eigenvalue weighted by Crippen LogP contribution is -1.97. The maximum atomic E-state index is 13.0. The zero-order valence-electron chi connectivity index (χ0n) is 10.7. The van der Waals surface area contributed by atoms with Crippen molar-refractivity contribution in [3.63, 3.8) is 0 Å². The van der Waals surface area contributed by atoms with Gasteiger partial charge in [0.1, 0.15) is 11.9 Å². The highest BCUT2D eigenvalue weighted by atomic mass is 19.1. The number of nitrogens with zero attached hydrogens (tertiary/aromatic N) is 1. The van der Waals surface area contributed by atoms with Crippen LogP contribution in [0.1, 0.15) is 29.7 Å². The molecule has 0 saturated heterocycles. The van der Waals surface area contributed by atoms with Crippen molar-refractivity contribution in [1.29, 1.82) is 5.26 Å². The predicted molar refractivity (Wildman–Crippen MR) is 71.8 cm³/mol. The third-order valence-electron chi connectivity index (χ3n) is 3.07. The van der Waals surface area contributed by atoms with Gasteiger partial charge in [0.05, 0.1) is 18.2 Å². The van der Waals surface area contributed by atoms with E-state index in [1.807, 2.05) is 19.1 Å². The Morgan fingerprint density at radius 2 is 2.32 bits per heavy atom. The Hall–Kier alpha value is -2.18. The monoisotopic (exact) mass is 255 g/mol. The van der Waals surface area contributed by atoms with Gasteiger partial charge in [-0.1, -0.05) is 18.7 Å². The normalized spacial score (nSPS) is 18.9. The molecule has 0 amide bonds. The Bertz CT molecular complexity index is 608. The van der Waals surface area contributed by atoms with Gasteiger partial charge in [0.15, 0.2) is 0 Å². The molecule has 2 rings (SSSR count). The van der Waals surface area contributed by atoms with Crippen LogP contribution >= 0.6 is 0 Å². The number of benzene rings is 1. The number of halogens is 1. The Morgan fingerprint density at radius 1 is 1.53 bits per heavy atom. The second-order valence-electron chi connectivity index (χ2n) is 4.38. The van der Waals surface area contributed by atoms with Crippen molar-refractivity contribution in [2.24, 2.45) is 0 Å². The Morgan fingerprint density at radius 3 is 3.00 bits per heavy atom. The highest BCUT2D eigenvalue weighted by molar-refractivity contribution is 5.43. The SMILES string of the molecule is C=C/C(F)=C\C=C(/C)C1OCc2cc(C#N)ccc21. The first-order valence-corrected chi connectivity index (χ1v) is 5.96. The summed E-state index contributed by atoms with van der Waals surface area (Å²) in [6, 6.07) is 7.62. The van der Waals surface area contributed by atoms with Crippen molar-refractivity contribution in [2.75, 3.05) is 0 Å². The summed E-state index contributed by atoms with van der Waals surface area (Å²) in [6.07, 6.45) is 4.05. The molecule has 1 atom stereocenters. The molecule has 3 heteroatoms. The van der Waals surface area contributed by atoms with E-state index in [1.165, 1.54) is 6.08 Å². The number of hydrogen-bond acceptors (Lipinski definition) is 2. The second kappa shape index (κ2) is 5.64. The lowest BCUT2D eigenvalue weighted by molar-refractivity contribution is 0.0911. The van der Waals surface area contributed by atoms with Gasteiger partial charge in [-0.2, -0.15) is 5.26 Å². The van der Waals surface area contributed by atoms with Gasteiger partial charge in [-0.15, -0.1) is 0 Å². The molecule has 96 valence electrons. The van der Waals surface area contributed by atoms with Crippen LogP contribution in [0.25, 0.3) is 0 Å². The average molecular weight is 255 g/mol. The van der Waals surface area contributed by atoms with Gasteiger partial charge >= 0.3 is 0 Å². The zero-order chi connectivity index (χ0) is 13.8. The summed E-state index contributed by atoms with van der Waals surface area (Å²) >= 11 is 0. The molecule has 1 aliphatic rings. The van der Waals surface area contributed by atoms with E-state index >= 15 is 0 Å². The van der Waals surface area contributed by atoms with Gasteiger partial charge in [0, 0.05) is 0 Å². The predicted octanol–water partition coefficient (Wildman–Crippen LogP) is 4.12. The number of allylic oxidation sites excluding steroid dienone is 4. The molecule has 0 bridgehead atoms. The fourth-order valence-electron chi connectivity index (χ4n) is 2.06. The van der Waals surface area contributed by atoms with Crippen molar-refractivity contribution in [3.8, 4) is 6.07 Å². The van der Waals surface area contributed by atoms with E-state index in [9.17, 15) is 4.39 Å². The standard InChI is InChI=1S/C16H14FNO/c1-3-14(17)6-4-11(2)16-15-7-5-12(9-18)8-13(15)10-19-16/h3-8,16H,1,10H2,2H3/b11-4+,14-6+. The largest absolute Gasteiger partial charge is 0.364 e. The van der Waals surface area contributed by atoms with E-state index in [2.05, 4.69) is 12.6 Å². The molecule has 0 aliphatic carbocycles. The Kier molecular flexibility index (Phi) is 3.94. The molecule has 0 saturated carbocycles. The maximum Gasteiger partial charge on any atom is 0.122 e. The lowest BCUT2D eigenvalue weighted by atomic mass is 9.98. The summed E-state index contributed by atoms with van der Waals surface area (Å²) < 4.78 is 18.7. The van der Waals surface area contributed by atoms with Gasteiger partial charge in [0.2, 0.25) is 0 Å². The van der Waals surface area contributed by atoms with Crippen LogP contribution < -0.4 is 0 Å². The number of nitriles is 1. The summed E-state index contributed by atoms with van der Waals surface area (Å²) in [5, 5.41) is 8.86. The molecule has 1 heterocycles. The minimum absolute atomic E-state index is 0.170. The van der Waals surface area contributed by atoms with E-state index in [1.54, 1.807) is 12.1 Å². The molecule has 0 radical (unpaired) electrons. The number of hydrogen-bond donors (Lipinski definition) is 0. The first-order valence-electron chi connectivity index (χ1n) is 5.96. The summed E-state index contributed by atoms with van der Waals surface area (Å²) in [4.78, 5) is 0. The molecule has 1 aliphatic heterocycles. The number of ether oxygens (including phenoxy) is 1. The summed E-state index contributed by atoms with van der Waals surface area (Å²) in [6.45, 7) is 5.73. The molecule has 1 aromatic carbocycles. The summed E-state index contributed by atoms with van der Waals surface area (Å²) in [5.41, 5.74) is 3.60. The molecule has 0 N–H and O–H groups in total. The molecule has 2 nitrogen and oxygen atoms in total. The molecule has 1 aromatic rings. The fraction of sp³-hybridized carbons (Fsp3) is 0.188. The second-order valence-corrected chi connectivity index (χ2v) is 4.38. The van der Waals surface area contributed by atoms with Crippen molar-refractivity contribution in [2.45, 2.75) is 19.6 Å². The van der Waals surface area contributed by atoms with Crippen LogP contribution in [0, 0.1) is 11.3 Å². The topological polar surface area (TPSA) is 33.0 Å². The number of fused-ring (bicyclic) bond motifs is 1. The van der Waals surface area contributed by atoms with Crippen LogP contribution in [0.3, 0.4) is 0 Å². The smallest absolute Gasteiger partial charge is 0.122 e. The quantitative estimate of drug-likeness (QED) is 0.761. The maximum absolute atomic E-state index is 13.0. The number of rotatable bonds is 3. The van der Waals surface area contributed by atoms with Gasteiger partial charge in [-0.05, 0) is 47.9 Å². The Labute approximate surface area is 112 Å². The van der Waals surface area contributed by atoms with Crippen LogP contribution in [-0.2, 0) is 11.3 Å². The van der Waals surface area contributed by atoms with Crippen LogP contribution in [0.4, 0.5) is 4.39 Å². The molecule has 0 aromatic heterocycles. The molecular formula is C16H14FNO. The fourth-order valence-corrected chi connectivity index (χ4v) is 2.06. The van der Waals surface area contributed by atoms with E-state index in [0.29, 0.717) is 12.2 Å². The lowest BCUT2D eigenvalue weighted by Gasteiger charge is -2.11. The molecule has 19 heavy (non-hydrogen) atoms. The van der Waals surface area contributed by atoms with Crippen molar-refractivity contribution in [3.05, 3.63) is 71.1 Å². The first kappa shape index (κ1) is 13.3. The van der Waals surface area contributed by atoms with Crippen molar-refractivity contribution < 1.29 is 9.13 Å². The summed E-state index contributed by atoms with van der Waals surface area (Å²) in [5.74, 6) is -0.377.